The lowest BCUT2D eigenvalue weighted by Crippen LogP contribution is -1.98. The van der Waals surface area contributed by atoms with Gasteiger partial charge in [-0.1, -0.05) is 22.9 Å². The van der Waals surface area contributed by atoms with Crippen LogP contribution in [0.25, 0.3) is 5.69 Å². The van der Waals surface area contributed by atoms with Gasteiger partial charge in [0.2, 0.25) is 0 Å². The predicted octanol–water partition coefficient (Wildman–Crippen LogP) is 1.38. The van der Waals surface area contributed by atoms with Crippen molar-refractivity contribution in [3.8, 4) is 5.69 Å². The highest BCUT2D eigenvalue weighted by Crippen LogP contribution is 2.14. The summed E-state index contributed by atoms with van der Waals surface area (Å²) in [5, 5.41) is 16.7. The van der Waals surface area contributed by atoms with Crippen molar-refractivity contribution in [3.05, 3.63) is 41.2 Å². The Balaban J connectivity index is 2.44. The second kappa shape index (κ2) is 3.82. The molecule has 0 aliphatic carbocycles. The van der Waals surface area contributed by atoms with Gasteiger partial charge in [-0.2, -0.15) is 0 Å². The Labute approximate surface area is 88.2 Å². The van der Waals surface area contributed by atoms with E-state index in [9.17, 15) is 0 Å². The zero-order valence-corrected chi connectivity index (χ0v) is 8.81. The van der Waals surface area contributed by atoms with Crippen LogP contribution in [0.4, 0.5) is 0 Å². The molecule has 0 spiro atoms. The molecule has 1 heterocycles. The second-order valence-corrected chi connectivity index (χ2v) is 3.60. The highest BCUT2D eigenvalue weighted by Gasteiger charge is 2.04. The lowest BCUT2D eigenvalue weighted by atomic mass is 10.1. The Morgan fingerprint density at radius 2 is 2.13 bits per heavy atom. The van der Waals surface area contributed by atoms with Gasteiger partial charge in [0.05, 0.1) is 18.5 Å². The Hall–Kier alpha value is -1.68. The highest BCUT2D eigenvalue weighted by molar-refractivity contribution is 5.41. The molecule has 0 aliphatic heterocycles. The number of benzene rings is 1. The molecule has 1 aromatic carbocycles. The molecule has 15 heavy (non-hydrogen) atoms. The van der Waals surface area contributed by atoms with Crippen molar-refractivity contribution in [1.82, 2.24) is 15.0 Å². The van der Waals surface area contributed by atoms with E-state index in [-0.39, 0.29) is 6.61 Å². The molecule has 0 fully saturated rings. The minimum atomic E-state index is -0.0785. The molecule has 0 aliphatic rings. The maximum atomic E-state index is 8.90. The molecule has 0 radical (unpaired) electrons. The fourth-order valence-corrected chi connectivity index (χ4v) is 1.55. The van der Waals surface area contributed by atoms with E-state index in [1.54, 1.807) is 10.9 Å². The fourth-order valence-electron chi connectivity index (χ4n) is 1.55. The Morgan fingerprint density at radius 3 is 2.73 bits per heavy atom. The van der Waals surface area contributed by atoms with E-state index in [4.69, 9.17) is 5.11 Å². The zero-order chi connectivity index (χ0) is 10.8. The van der Waals surface area contributed by atoms with Crippen molar-refractivity contribution in [3.63, 3.8) is 0 Å². The van der Waals surface area contributed by atoms with Crippen LogP contribution >= 0.6 is 0 Å². The van der Waals surface area contributed by atoms with Gasteiger partial charge in [0.1, 0.15) is 5.69 Å². The van der Waals surface area contributed by atoms with Crippen molar-refractivity contribution in [2.75, 3.05) is 0 Å². The molecule has 0 bridgehead atoms. The highest BCUT2D eigenvalue weighted by atomic mass is 16.3. The van der Waals surface area contributed by atoms with E-state index in [2.05, 4.69) is 23.3 Å². The van der Waals surface area contributed by atoms with Crippen LogP contribution in [0.15, 0.2) is 24.4 Å². The first-order valence-electron chi connectivity index (χ1n) is 4.80. The predicted molar refractivity (Wildman–Crippen MR) is 56.8 cm³/mol. The van der Waals surface area contributed by atoms with Crippen molar-refractivity contribution in [1.29, 1.82) is 0 Å². The monoisotopic (exact) mass is 203 g/mol. The summed E-state index contributed by atoms with van der Waals surface area (Å²) in [5.74, 6) is 0. The van der Waals surface area contributed by atoms with Crippen LogP contribution in [0, 0.1) is 13.8 Å². The van der Waals surface area contributed by atoms with Crippen molar-refractivity contribution >= 4 is 0 Å². The summed E-state index contributed by atoms with van der Waals surface area (Å²) in [7, 11) is 0. The van der Waals surface area contributed by atoms with Crippen molar-refractivity contribution in [2.24, 2.45) is 0 Å². The molecule has 2 rings (SSSR count). The Morgan fingerprint density at radius 1 is 1.33 bits per heavy atom. The van der Waals surface area contributed by atoms with E-state index < -0.39 is 0 Å². The van der Waals surface area contributed by atoms with Crippen LogP contribution in [-0.2, 0) is 6.61 Å². The van der Waals surface area contributed by atoms with Gasteiger partial charge in [0.25, 0.3) is 0 Å². The van der Waals surface area contributed by atoms with E-state index in [1.165, 1.54) is 5.56 Å². The standard InChI is InChI=1S/C11H13N3O/c1-8-3-4-11(9(2)5-8)14-6-10(7-15)12-13-14/h3-6,15H,7H2,1-2H3. The summed E-state index contributed by atoms with van der Waals surface area (Å²) in [6.07, 6.45) is 1.73. The third-order valence-electron chi connectivity index (χ3n) is 2.30. The van der Waals surface area contributed by atoms with Gasteiger partial charge < -0.3 is 5.11 Å². The van der Waals surface area contributed by atoms with E-state index in [0.717, 1.165) is 11.3 Å². The maximum absolute atomic E-state index is 8.90. The molecule has 0 unspecified atom stereocenters. The Bertz CT molecular complexity index is 476. The molecule has 2 aromatic rings. The third kappa shape index (κ3) is 1.89. The number of aliphatic hydroxyl groups excluding tert-OH is 1. The van der Waals surface area contributed by atoms with Gasteiger partial charge in [-0.25, -0.2) is 4.68 Å². The first-order valence-corrected chi connectivity index (χ1v) is 4.80. The third-order valence-corrected chi connectivity index (χ3v) is 2.30. The van der Waals surface area contributed by atoms with Gasteiger partial charge in [-0.05, 0) is 25.5 Å². The minimum absolute atomic E-state index is 0.0785. The number of nitrogens with zero attached hydrogens (tertiary/aromatic N) is 3. The van der Waals surface area contributed by atoms with E-state index in [0.29, 0.717) is 5.69 Å². The number of aliphatic hydroxyl groups is 1. The quantitative estimate of drug-likeness (QED) is 0.802. The summed E-state index contributed by atoms with van der Waals surface area (Å²) in [5.41, 5.74) is 3.94. The number of hydrogen-bond acceptors (Lipinski definition) is 3. The van der Waals surface area contributed by atoms with E-state index in [1.807, 2.05) is 19.1 Å². The maximum Gasteiger partial charge on any atom is 0.109 e. The summed E-state index contributed by atoms with van der Waals surface area (Å²) in [6, 6.07) is 6.12. The van der Waals surface area contributed by atoms with Crippen LogP contribution in [0.3, 0.4) is 0 Å². The molecule has 0 saturated carbocycles. The Kier molecular flexibility index (Phi) is 2.51. The van der Waals surface area contributed by atoms with Gasteiger partial charge in [0.15, 0.2) is 0 Å². The average molecular weight is 203 g/mol. The molecular formula is C11H13N3O. The number of aryl methyl sites for hydroxylation is 2. The van der Waals surface area contributed by atoms with Crippen LogP contribution < -0.4 is 0 Å². The fraction of sp³-hybridized carbons (Fsp3) is 0.273. The minimum Gasteiger partial charge on any atom is -0.390 e. The van der Waals surface area contributed by atoms with Gasteiger partial charge in [-0.3, -0.25) is 0 Å². The summed E-state index contributed by atoms with van der Waals surface area (Å²) in [4.78, 5) is 0. The largest absolute Gasteiger partial charge is 0.390 e. The first kappa shape index (κ1) is 9.86. The molecule has 4 heteroatoms. The van der Waals surface area contributed by atoms with Gasteiger partial charge in [0, 0.05) is 0 Å². The number of hydrogen-bond donors (Lipinski definition) is 1. The first-order chi connectivity index (χ1) is 7.20. The van der Waals surface area contributed by atoms with Gasteiger partial charge >= 0.3 is 0 Å². The molecule has 4 nitrogen and oxygen atoms in total. The normalized spacial score (nSPS) is 10.6. The molecule has 78 valence electrons. The zero-order valence-electron chi connectivity index (χ0n) is 8.81. The summed E-state index contributed by atoms with van der Waals surface area (Å²) in [6.45, 7) is 4.00. The molecule has 0 atom stereocenters. The second-order valence-electron chi connectivity index (χ2n) is 3.60. The summed E-state index contributed by atoms with van der Waals surface area (Å²) < 4.78 is 1.68. The van der Waals surface area contributed by atoms with E-state index >= 15 is 0 Å². The van der Waals surface area contributed by atoms with Crippen LogP contribution in [0.1, 0.15) is 16.8 Å². The topological polar surface area (TPSA) is 50.9 Å². The van der Waals surface area contributed by atoms with Crippen molar-refractivity contribution in [2.45, 2.75) is 20.5 Å². The average Bonchev–Trinajstić information content (AvgIpc) is 2.66. The summed E-state index contributed by atoms with van der Waals surface area (Å²) >= 11 is 0. The number of aromatic nitrogens is 3. The smallest absolute Gasteiger partial charge is 0.109 e. The van der Waals surface area contributed by atoms with Crippen LogP contribution in [0.5, 0.6) is 0 Å². The lowest BCUT2D eigenvalue weighted by Gasteiger charge is -2.05. The molecule has 1 N–H and O–H groups in total. The number of rotatable bonds is 2. The SMILES string of the molecule is Cc1ccc(-n2cc(CO)nn2)c(C)c1. The molecule has 0 saturated heterocycles. The molecule has 1 aromatic heterocycles. The van der Waals surface area contributed by atoms with Crippen molar-refractivity contribution < 1.29 is 5.11 Å². The molecular weight excluding hydrogens is 190 g/mol. The lowest BCUT2D eigenvalue weighted by molar-refractivity contribution is 0.276. The van der Waals surface area contributed by atoms with Crippen LogP contribution in [-0.4, -0.2) is 20.1 Å². The molecule has 0 amide bonds. The van der Waals surface area contributed by atoms with Crippen LogP contribution in [0.2, 0.25) is 0 Å². The van der Waals surface area contributed by atoms with Gasteiger partial charge in [-0.15, -0.1) is 5.10 Å².